The van der Waals surface area contributed by atoms with Gasteiger partial charge in [0, 0.05) is 18.7 Å². The Balaban J connectivity index is 2.39. The smallest absolute Gasteiger partial charge is 0.269 e. The second-order valence-electron chi connectivity index (χ2n) is 3.03. The van der Waals surface area contributed by atoms with Crippen LogP contribution in [0.4, 0.5) is 5.69 Å². The molecule has 0 spiro atoms. The minimum absolute atomic E-state index is 0.0534. The molecule has 0 fully saturated rings. The largest absolute Gasteiger partial charge is 0.494 e. The number of ether oxygens (including phenoxy) is 1. The number of aliphatic hydroxyl groups excluding tert-OH is 1. The highest BCUT2D eigenvalue weighted by molar-refractivity contribution is 5.35. The number of hydrogen-bond donors (Lipinski definition) is 1. The molecule has 5 heteroatoms. The molecule has 0 amide bonds. The Morgan fingerprint density at radius 3 is 2.47 bits per heavy atom. The third kappa shape index (κ3) is 3.95. The van der Waals surface area contributed by atoms with Crippen LogP contribution in [0.2, 0.25) is 0 Å². The molecule has 0 heterocycles. The molecular weight excluding hydrogens is 198 g/mol. The molecule has 0 radical (unpaired) electrons. The molecule has 0 saturated heterocycles. The van der Waals surface area contributed by atoms with E-state index in [1.165, 1.54) is 12.1 Å². The van der Waals surface area contributed by atoms with Crippen molar-refractivity contribution in [1.29, 1.82) is 0 Å². The lowest BCUT2D eigenvalue weighted by Crippen LogP contribution is -1.98. The highest BCUT2D eigenvalue weighted by atomic mass is 16.6. The standard InChI is InChI=1S/C10H13NO4/c12-7-1-2-8-15-10-5-3-9(4-6-10)11(13)14/h3-6,12H,1-2,7-8H2. The molecule has 0 aliphatic rings. The van der Waals surface area contributed by atoms with E-state index in [4.69, 9.17) is 9.84 Å². The van der Waals surface area contributed by atoms with Gasteiger partial charge in [0.2, 0.25) is 0 Å². The van der Waals surface area contributed by atoms with Crippen molar-refractivity contribution in [2.75, 3.05) is 13.2 Å². The quantitative estimate of drug-likeness (QED) is 0.442. The number of non-ortho nitro benzene ring substituents is 1. The topological polar surface area (TPSA) is 72.6 Å². The summed E-state index contributed by atoms with van der Waals surface area (Å²) in [5.41, 5.74) is 0.0534. The van der Waals surface area contributed by atoms with Crippen molar-refractivity contribution in [3.8, 4) is 5.75 Å². The van der Waals surface area contributed by atoms with E-state index >= 15 is 0 Å². The summed E-state index contributed by atoms with van der Waals surface area (Å²) in [5, 5.41) is 18.9. The lowest BCUT2D eigenvalue weighted by atomic mass is 10.3. The van der Waals surface area contributed by atoms with E-state index in [0.717, 1.165) is 6.42 Å². The maximum absolute atomic E-state index is 10.3. The lowest BCUT2D eigenvalue weighted by molar-refractivity contribution is -0.384. The molecule has 82 valence electrons. The van der Waals surface area contributed by atoms with Gasteiger partial charge in [-0.15, -0.1) is 0 Å². The van der Waals surface area contributed by atoms with Crippen molar-refractivity contribution >= 4 is 5.69 Å². The summed E-state index contributed by atoms with van der Waals surface area (Å²) in [5.74, 6) is 0.610. The van der Waals surface area contributed by atoms with Crippen LogP contribution in [0.3, 0.4) is 0 Å². The Kier molecular flexibility index (Phi) is 4.56. The predicted molar refractivity (Wildman–Crippen MR) is 54.9 cm³/mol. The number of aliphatic hydroxyl groups is 1. The van der Waals surface area contributed by atoms with Gasteiger partial charge in [0.05, 0.1) is 11.5 Å². The summed E-state index contributed by atoms with van der Waals surface area (Å²) in [4.78, 5) is 9.90. The molecule has 1 rings (SSSR count). The minimum atomic E-state index is -0.449. The van der Waals surface area contributed by atoms with Crippen molar-refractivity contribution in [1.82, 2.24) is 0 Å². The number of benzene rings is 1. The summed E-state index contributed by atoms with van der Waals surface area (Å²) in [7, 11) is 0. The van der Waals surface area contributed by atoms with Gasteiger partial charge >= 0.3 is 0 Å². The molecule has 0 unspecified atom stereocenters. The molecule has 0 atom stereocenters. The fraction of sp³-hybridized carbons (Fsp3) is 0.400. The van der Waals surface area contributed by atoms with Gasteiger partial charge < -0.3 is 9.84 Å². The van der Waals surface area contributed by atoms with Crippen LogP contribution in [0.15, 0.2) is 24.3 Å². The van der Waals surface area contributed by atoms with E-state index in [2.05, 4.69) is 0 Å². The molecular formula is C10H13NO4. The molecule has 5 nitrogen and oxygen atoms in total. The second-order valence-corrected chi connectivity index (χ2v) is 3.03. The zero-order chi connectivity index (χ0) is 11.1. The van der Waals surface area contributed by atoms with Crippen LogP contribution >= 0.6 is 0 Å². The maximum atomic E-state index is 10.3. The Labute approximate surface area is 87.5 Å². The van der Waals surface area contributed by atoms with Crippen LogP contribution in [0, 0.1) is 10.1 Å². The van der Waals surface area contributed by atoms with Crippen molar-refractivity contribution in [3.05, 3.63) is 34.4 Å². The van der Waals surface area contributed by atoms with Gasteiger partial charge in [0.25, 0.3) is 5.69 Å². The Bertz CT molecular complexity index is 310. The van der Waals surface area contributed by atoms with E-state index < -0.39 is 4.92 Å². The Morgan fingerprint density at radius 1 is 1.27 bits per heavy atom. The second kappa shape index (κ2) is 5.98. The first-order chi connectivity index (χ1) is 7.24. The average Bonchev–Trinajstić information content (AvgIpc) is 2.25. The third-order valence-corrected chi connectivity index (χ3v) is 1.87. The molecule has 1 aromatic carbocycles. The number of nitrogens with zero attached hydrogens (tertiary/aromatic N) is 1. The van der Waals surface area contributed by atoms with Gasteiger partial charge in [0.1, 0.15) is 5.75 Å². The summed E-state index contributed by atoms with van der Waals surface area (Å²) < 4.78 is 5.31. The summed E-state index contributed by atoms with van der Waals surface area (Å²) in [6.07, 6.45) is 1.47. The summed E-state index contributed by atoms with van der Waals surface area (Å²) >= 11 is 0. The number of rotatable bonds is 6. The van der Waals surface area contributed by atoms with Crippen molar-refractivity contribution in [3.63, 3.8) is 0 Å². The van der Waals surface area contributed by atoms with Crippen molar-refractivity contribution < 1.29 is 14.8 Å². The fourth-order valence-corrected chi connectivity index (χ4v) is 1.07. The number of hydrogen-bond acceptors (Lipinski definition) is 4. The first kappa shape index (κ1) is 11.5. The molecule has 0 aliphatic carbocycles. The van der Waals surface area contributed by atoms with Gasteiger partial charge in [-0.25, -0.2) is 0 Å². The van der Waals surface area contributed by atoms with E-state index in [1.54, 1.807) is 12.1 Å². The minimum Gasteiger partial charge on any atom is -0.494 e. The van der Waals surface area contributed by atoms with Crippen LogP contribution in [-0.2, 0) is 0 Å². The summed E-state index contributed by atoms with van der Waals surface area (Å²) in [6, 6.07) is 5.94. The van der Waals surface area contributed by atoms with E-state index in [9.17, 15) is 10.1 Å². The molecule has 0 aliphatic heterocycles. The zero-order valence-corrected chi connectivity index (χ0v) is 8.26. The molecule has 1 N–H and O–H groups in total. The Morgan fingerprint density at radius 2 is 1.93 bits per heavy atom. The van der Waals surface area contributed by atoms with E-state index in [-0.39, 0.29) is 12.3 Å². The molecule has 0 aromatic heterocycles. The number of unbranched alkanes of at least 4 members (excludes halogenated alkanes) is 1. The van der Waals surface area contributed by atoms with Crippen LogP contribution in [0.25, 0.3) is 0 Å². The van der Waals surface area contributed by atoms with Gasteiger partial charge in [-0.05, 0) is 25.0 Å². The van der Waals surface area contributed by atoms with Gasteiger partial charge in [-0.2, -0.15) is 0 Å². The first-order valence-electron chi connectivity index (χ1n) is 4.72. The molecule has 0 bridgehead atoms. The highest BCUT2D eigenvalue weighted by Crippen LogP contribution is 2.17. The SMILES string of the molecule is O=[N+]([O-])c1ccc(OCCCCO)cc1. The monoisotopic (exact) mass is 211 g/mol. The van der Waals surface area contributed by atoms with E-state index in [1.807, 2.05) is 0 Å². The zero-order valence-electron chi connectivity index (χ0n) is 8.26. The average molecular weight is 211 g/mol. The van der Waals surface area contributed by atoms with Crippen molar-refractivity contribution in [2.24, 2.45) is 0 Å². The summed E-state index contributed by atoms with van der Waals surface area (Å²) in [6.45, 7) is 0.669. The lowest BCUT2D eigenvalue weighted by Gasteiger charge is -2.04. The fourth-order valence-electron chi connectivity index (χ4n) is 1.07. The van der Waals surface area contributed by atoms with E-state index in [0.29, 0.717) is 18.8 Å². The maximum Gasteiger partial charge on any atom is 0.269 e. The normalized spacial score (nSPS) is 9.93. The predicted octanol–water partition coefficient (Wildman–Crippen LogP) is 1.75. The van der Waals surface area contributed by atoms with Crippen LogP contribution in [0.1, 0.15) is 12.8 Å². The third-order valence-electron chi connectivity index (χ3n) is 1.87. The van der Waals surface area contributed by atoms with Gasteiger partial charge in [-0.1, -0.05) is 0 Å². The molecule has 0 saturated carbocycles. The highest BCUT2D eigenvalue weighted by Gasteiger charge is 2.03. The number of nitro groups is 1. The van der Waals surface area contributed by atoms with Crippen LogP contribution in [0.5, 0.6) is 5.75 Å². The van der Waals surface area contributed by atoms with Crippen LogP contribution in [-0.4, -0.2) is 23.2 Å². The van der Waals surface area contributed by atoms with Crippen molar-refractivity contribution in [2.45, 2.75) is 12.8 Å². The molecule has 1 aromatic rings. The van der Waals surface area contributed by atoms with Gasteiger partial charge in [0.15, 0.2) is 0 Å². The van der Waals surface area contributed by atoms with Gasteiger partial charge in [-0.3, -0.25) is 10.1 Å². The Hall–Kier alpha value is -1.62. The number of nitro benzene ring substituents is 1. The van der Waals surface area contributed by atoms with Crippen LogP contribution < -0.4 is 4.74 Å². The molecule has 15 heavy (non-hydrogen) atoms. The first-order valence-corrected chi connectivity index (χ1v) is 4.72.